The smallest absolute Gasteiger partial charge is 0.338 e. The van der Waals surface area contributed by atoms with Gasteiger partial charge in [-0.3, -0.25) is 14.4 Å². The van der Waals surface area contributed by atoms with E-state index >= 15 is 0 Å². The van der Waals surface area contributed by atoms with Crippen molar-refractivity contribution in [2.45, 2.75) is 12.5 Å². The van der Waals surface area contributed by atoms with Crippen LogP contribution in [0.1, 0.15) is 27.4 Å². The molecule has 1 amide bonds. The van der Waals surface area contributed by atoms with E-state index < -0.39 is 23.8 Å². The molecule has 0 fully saturated rings. The Hall–Kier alpha value is -2.71. The minimum absolute atomic E-state index is 0.0699. The largest absolute Gasteiger partial charge is 0.468 e. The molecule has 2 rings (SSSR count). The number of ether oxygens (including phenoxy) is 2. The van der Waals surface area contributed by atoms with E-state index in [1.165, 1.54) is 19.2 Å². The standard InChI is InChI=1S/C19H18BrNO6/c1-25-18(23)15-10-13(20)8-9-14(15)16(19(24)26-2)17(22)21-27-11-12-6-4-3-5-7-12/h3-10,16H,11H2,1-2H3,(H,21,22). The second-order valence-electron chi connectivity index (χ2n) is 5.42. The summed E-state index contributed by atoms with van der Waals surface area (Å²) in [7, 11) is 2.37. The number of rotatable bonds is 7. The highest BCUT2D eigenvalue weighted by Crippen LogP contribution is 2.26. The van der Waals surface area contributed by atoms with Crippen LogP contribution < -0.4 is 5.48 Å². The van der Waals surface area contributed by atoms with Gasteiger partial charge in [0.15, 0.2) is 5.92 Å². The Morgan fingerprint density at radius 1 is 1.04 bits per heavy atom. The Bertz CT molecular complexity index is 824. The Morgan fingerprint density at radius 2 is 1.74 bits per heavy atom. The minimum Gasteiger partial charge on any atom is -0.468 e. The van der Waals surface area contributed by atoms with Crippen molar-refractivity contribution in [3.05, 3.63) is 69.7 Å². The monoisotopic (exact) mass is 435 g/mol. The predicted molar refractivity (Wildman–Crippen MR) is 99.6 cm³/mol. The molecule has 7 nitrogen and oxygen atoms in total. The van der Waals surface area contributed by atoms with Crippen molar-refractivity contribution in [3.63, 3.8) is 0 Å². The predicted octanol–water partition coefficient (Wildman–Crippen LogP) is 2.74. The van der Waals surface area contributed by atoms with Crippen LogP contribution in [-0.4, -0.2) is 32.1 Å². The molecule has 2 aromatic carbocycles. The number of hydrogen-bond acceptors (Lipinski definition) is 6. The van der Waals surface area contributed by atoms with Gasteiger partial charge in [-0.1, -0.05) is 52.3 Å². The van der Waals surface area contributed by atoms with Crippen LogP contribution in [0.5, 0.6) is 0 Å². The lowest BCUT2D eigenvalue weighted by atomic mass is 9.93. The first kappa shape index (κ1) is 20.6. The lowest BCUT2D eigenvalue weighted by molar-refractivity contribution is -0.150. The van der Waals surface area contributed by atoms with Crippen LogP contribution in [0.4, 0.5) is 0 Å². The molecule has 1 unspecified atom stereocenters. The average Bonchev–Trinajstić information content (AvgIpc) is 2.69. The lowest BCUT2D eigenvalue weighted by Crippen LogP contribution is -2.35. The first-order chi connectivity index (χ1) is 13.0. The van der Waals surface area contributed by atoms with Gasteiger partial charge in [-0.15, -0.1) is 0 Å². The number of amides is 1. The number of esters is 2. The van der Waals surface area contributed by atoms with Gasteiger partial charge < -0.3 is 9.47 Å². The van der Waals surface area contributed by atoms with E-state index in [-0.39, 0.29) is 17.7 Å². The summed E-state index contributed by atoms with van der Waals surface area (Å²) in [5, 5.41) is 0. The van der Waals surface area contributed by atoms with Gasteiger partial charge in [0.05, 0.1) is 26.4 Å². The van der Waals surface area contributed by atoms with E-state index in [1.807, 2.05) is 30.3 Å². The van der Waals surface area contributed by atoms with Gasteiger partial charge in [-0.2, -0.15) is 0 Å². The summed E-state index contributed by atoms with van der Waals surface area (Å²) < 4.78 is 10.1. The van der Waals surface area contributed by atoms with Crippen LogP contribution in [0.3, 0.4) is 0 Å². The summed E-state index contributed by atoms with van der Waals surface area (Å²) in [4.78, 5) is 42.1. The second kappa shape index (κ2) is 9.84. The van der Waals surface area contributed by atoms with E-state index in [9.17, 15) is 14.4 Å². The third-order valence-electron chi connectivity index (χ3n) is 3.69. The Labute approximate surface area is 164 Å². The van der Waals surface area contributed by atoms with Gasteiger partial charge in [-0.25, -0.2) is 10.3 Å². The van der Waals surface area contributed by atoms with Crippen molar-refractivity contribution < 1.29 is 28.7 Å². The first-order valence-corrected chi connectivity index (χ1v) is 8.68. The zero-order chi connectivity index (χ0) is 19.8. The Kier molecular flexibility index (Phi) is 7.51. The fourth-order valence-electron chi connectivity index (χ4n) is 2.38. The third-order valence-corrected chi connectivity index (χ3v) is 4.18. The maximum Gasteiger partial charge on any atom is 0.338 e. The zero-order valence-corrected chi connectivity index (χ0v) is 16.3. The average molecular weight is 436 g/mol. The normalized spacial score (nSPS) is 11.4. The van der Waals surface area contributed by atoms with E-state index in [1.54, 1.807) is 6.07 Å². The van der Waals surface area contributed by atoms with E-state index in [0.717, 1.165) is 12.7 Å². The number of hydrogen-bond donors (Lipinski definition) is 1. The molecule has 2 aromatic rings. The number of halogens is 1. The molecule has 27 heavy (non-hydrogen) atoms. The van der Waals surface area contributed by atoms with Crippen LogP contribution in [0.2, 0.25) is 0 Å². The molecule has 0 bridgehead atoms. The van der Waals surface area contributed by atoms with Crippen molar-refractivity contribution in [1.29, 1.82) is 0 Å². The molecule has 0 saturated carbocycles. The molecule has 0 aliphatic carbocycles. The molecule has 8 heteroatoms. The molecule has 0 heterocycles. The number of carbonyl (C=O) groups is 3. The molecule has 0 saturated heterocycles. The molecule has 0 aromatic heterocycles. The molecule has 0 aliphatic rings. The summed E-state index contributed by atoms with van der Waals surface area (Å²) in [5.41, 5.74) is 3.30. The molecule has 1 N–H and O–H groups in total. The van der Waals surface area contributed by atoms with Gasteiger partial charge in [0.1, 0.15) is 0 Å². The van der Waals surface area contributed by atoms with Crippen molar-refractivity contribution >= 4 is 33.8 Å². The molecule has 0 radical (unpaired) electrons. The fraction of sp³-hybridized carbons (Fsp3) is 0.211. The maximum atomic E-state index is 12.6. The zero-order valence-electron chi connectivity index (χ0n) is 14.7. The molecular weight excluding hydrogens is 418 g/mol. The van der Waals surface area contributed by atoms with Crippen LogP contribution in [0, 0.1) is 0 Å². The van der Waals surface area contributed by atoms with Crippen molar-refractivity contribution in [2.24, 2.45) is 0 Å². The fourth-order valence-corrected chi connectivity index (χ4v) is 2.74. The number of methoxy groups -OCH3 is 2. The number of carbonyl (C=O) groups excluding carboxylic acids is 3. The van der Waals surface area contributed by atoms with Crippen molar-refractivity contribution in [3.8, 4) is 0 Å². The van der Waals surface area contributed by atoms with Crippen LogP contribution in [0.25, 0.3) is 0 Å². The Morgan fingerprint density at radius 3 is 2.37 bits per heavy atom. The summed E-state index contributed by atoms with van der Waals surface area (Å²) >= 11 is 3.25. The van der Waals surface area contributed by atoms with Crippen LogP contribution in [0.15, 0.2) is 53.0 Å². The van der Waals surface area contributed by atoms with Gasteiger partial charge in [0, 0.05) is 4.47 Å². The number of hydroxylamine groups is 1. The highest BCUT2D eigenvalue weighted by Gasteiger charge is 2.33. The summed E-state index contributed by atoms with van der Waals surface area (Å²) in [6, 6.07) is 13.7. The first-order valence-electron chi connectivity index (χ1n) is 7.89. The topological polar surface area (TPSA) is 90.9 Å². The van der Waals surface area contributed by atoms with E-state index in [4.69, 9.17) is 14.3 Å². The molecule has 0 aliphatic heterocycles. The van der Waals surface area contributed by atoms with E-state index in [2.05, 4.69) is 21.4 Å². The third kappa shape index (κ3) is 5.38. The maximum absolute atomic E-state index is 12.6. The molecular formula is C19H18BrNO6. The SMILES string of the molecule is COC(=O)c1cc(Br)ccc1C(C(=O)NOCc1ccccc1)C(=O)OC. The molecule has 0 spiro atoms. The second-order valence-corrected chi connectivity index (χ2v) is 6.34. The van der Waals surface area contributed by atoms with Crippen molar-refractivity contribution in [1.82, 2.24) is 5.48 Å². The van der Waals surface area contributed by atoms with Crippen molar-refractivity contribution in [2.75, 3.05) is 14.2 Å². The van der Waals surface area contributed by atoms with Crippen LogP contribution in [-0.2, 0) is 30.5 Å². The summed E-state index contributed by atoms with van der Waals surface area (Å²) in [6.45, 7) is 0.116. The van der Waals surface area contributed by atoms with Gasteiger partial charge >= 0.3 is 11.9 Å². The summed E-state index contributed by atoms with van der Waals surface area (Å²) in [6.07, 6.45) is 0. The minimum atomic E-state index is -1.40. The summed E-state index contributed by atoms with van der Waals surface area (Å²) in [5.74, 6) is -3.67. The van der Waals surface area contributed by atoms with Gasteiger partial charge in [0.2, 0.25) is 0 Å². The molecule has 142 valence electrons. The van der Waals surface area contributed by atoms with Crippen LogP contribution >= 0.6 is 15.9 Å². The Balaban J connectivity index is 2.23. The lowest BCUT2D eigenvalue weighted by Gasteiger charge is -2.17. The van der Waals surface area contributed by atoms with Gasteiger partial charge in [0.25, 0.3) is 5.91 Å². The quantitative estimate of drug-likeness (QED) is 0.408. The number of nitrogens with one attached hydrogen (secondary N) is 1. The highest BCUT2D eigenvalue weighted by atomic mass is 79.9. The molecule has 1 atom stereocenters. The highest BCUT2D eigenvalue weighted by molar-refractivity contribution is 9.10. The van der Waals surface area contributed by atoms with Gasteiger partial charge in [-0.05, 0) is 23.3 Å². The van der Waals surface area contributed by atoms with E-state index in [0.29, 0.717) is 4.47 Å². The number of benzene rings is 2.